The maximum absolute atomic E-state index is 13.3. The van der Waals surface area contributed by atoms with Crippen LogP contribution in [0.15, 0.2) is 18.2 Å². The first-order valence-electron chi connectivity index (χ1n) is 5.25. The number of benzene rings is 1. The molecule has 1 aromatic carbocycles. The molecule has 2 rings (SSSR count). The molecule has 0 aliphatic carbocycles. The molecule has 1 fully saturated rings. The number of likely N-dealkylation sites (tertiary alicyclic amines) is 1. The van der Waals surface area contributed by atoms with Crippen molar-refractivity contribution in [1.82, 2.24) is 4.90 Å². The Morgan fingerprint density at radius 3 is 2.81 bits per heavy atom. The Kier molecular flexibility index (Phi) is 2.81. The van der Waals surface area contributed by atoms with Crippen LogP contribution in [0, 0.1) is 12.7 Å². The van der Waals surface area contributed by atoms with Crippen molar-refractivity contribution < 1.29 is 13.9 Å². The number of hydrogen-bond donors (Lipinski definition) is 0. The van der Waals surface area contributed by atoms with Crippen LogP contribution in [0.1, 0.15) is 12.0 Å². The molecule has 3 nitrogen and oxygen atoms in total. The van der Waals surface area contributed by atoms with Crippen molar-refractivity contribution in [3.8, 4) is 5.75 Å². The van der Waals surface area contributed by atoms with Crippen molar-refractivity contribution in [1.29, 1.82) is 0 Å². The number of ether oxygens (including phenoxy) is 1. The van der Waals surface area contributed by atoms with Crippen LogP contribution in [0.2, 0.25) is 0 Å². The monoisotopic (exact) mass is 223 g/mol. The van der Waals surface area contributed by atoms with Crippen LogP contribution in [-0.2, 0) is 4.79 Å². The summed E-state index contributed by atoms with van der Waals surface area (Å²) in [6, 6.07) is 4.65. The SMILES string of the molecule is Cc1ccc(OC2CCN(C)C2=O)cc1F. The highest BCUT2D eigenvalue weighted by Gasteiger charge is 2.30. The van der Waals surface area contributed by atoms with Gasteiger partial charge in [0.15, 0.2) is 6.10 Å². The molecule has 1 aromatic rings. The Hall–Kier alpha value is -1.58. The van der Waals surface area contributed by atoms with Crippen molar-refractivity contribution in [2.45, 2.75) is 19.4 Å². The fraction of sp³-hybridized carbons (Fsp3) is 0.417. The zero-order chi connectivity index (χ0) is 11.7. The molecule has 0 N–H and O–H groups in total. The zero-order valence-electron chi connectivity index (χ0n) is 9.37. The Morgan fingerprint density at radius 2 is 2.25 bits per heavy atom. The largest absolute Gasteiger partial charge is 0.480 e. The molecule has 0 bridgehead atoms. The third-order valence-corrected chi connectivity index (χ3v) is 2.80. The number of hydrogen-bond acceptors (Lipinski definition) is 2. The van der Waals surface area contributed by atoms with Gasteiger partial charge in [0.25, 0.3) is 5.91 Å². The summed E-state index contributed by atoms with van der Waals surface area (Å²) >= 11 is 0. The van der Waals surface area contributed by atoms with Crippen molar-refractivity contribution in [2.24, 2.45) is 0 Å². The van der Waals surface area contributed by atoms with E-state index in [2.05, 4.69) is 0 Å². The standard InChI is InChI=1S/C12H14FNO2/c1-8-3-4-9(7-10(8)13)16-11-5-6-14(2)12(11)15/h3-4,7,11H,5-6H2,1-2H3. The van der Waals surface area contributed by atoms with E-state index in [9.17, 15) is 9.18 Å². The topological polar surface area (TPSA) is 29.5 Å². The molecule has 86 valence electrons. The first kappa shape index (κ1) is 10.9. The highest BCUT2D eigenvalue weighted by molar-refractivity contribution is 5.83. The number of amides is 1. The van der Waals surface area contributed by atoms with E-state index in [-0.39, 0.29) is 11.7 Å². The van der Waals surface area contributed by atoms with Crippen LogP contribution in [0.5, 0.6) is 5.75 Å². The molecule has 1 atom stereocenters. The molecule has 1 aliphatic heterocycles. The van der Waals surface area contributed by atoms with Gasteiger partial charge in [-0.2, -0.15) is 0 Å². The molecule has 0 aromatic heterocycles. The van der Waals surface area contributed by atoms with E-state index in [4.69, 9.17) is 4.74 Å². The van der Waals surface area contributed by atoms with Gasteiger partial charge in [-0.1, -0.05) is 6.07 Å². The lowest BCUT2D eigenvalue weighted by Gasteiger charge is -2.13. The van der Waals surface area contributed by atoms with E-state index in [0.717, 1.165) is 0 Å². The molecule has 1 saturated heterocycles. The second-order valence-corrected chi connectivity index (χ2v) is 4.07. The molecule has 0 radical (unpaired) electrons. The molecule has 4 heteroatoms. The van der Waals surface area contributed by atoms with Gasteiger partial charge in [-0.3, -0.25) is 4.79 Å². The number of carbonyl (C=O) groups is 1. The van der Waals surface area contributed by atoms with Gasteiger partial charge in [0.05, 0.1) is 0 Å². The molecule has 16 heavy (non-hydrogen) atoms. The number of carbonyl (C=O) groups excluding carboxylic acids is 1. The summed E-state index contributed by atoms with van der Waals surface area (Å²) in [5.74, 6) is 0.0639. The van der Waals surface area contributed by atoms with E-state index in [1.165, 1.54) is 6.07 Å². The number of nitrogens with zero attached hydrogens (tertiary/aromatic N) is 1. The van der Waals surface area contributed by atoms with Crippen LogP contribution >= 0.6 is 0 Å². The first-order valence-corrected chi connectivity index (χ1v) is 5.25. The molecule has 0 saturated carbocycles. The third-order valence-electron chi connectivity index (χ3n) is 2.80. The first-order chi connectivity index (χ1) is 7.58. The molecule has 1 aliphatic rings. The van der Waals surface area contributed by atoms with Crippen molar-refractivity contribution in [2.75, 3.05) is 13.6 Å². The van der Waals surface area contributed by atoms with Gasteiger partial charge in [0.2, 0.25) is 0 Å². The maximum atomic E-state index is 13.3. The lowest BCUT2D eigenvalue weighted by molar-refractivity contribution is -0.132. The second-order valence-electron chi connectivity index (χ2n) is 4.07. The van der Waals surface area contributed by atoms with Gasteiger partial charge < -0.3 is 9.64 Å². The van der Waals surface area contributed by atoms with Crippen LogP contribution in [-0.4, -0.2) is 30.5 Å². The quantitative estimate of drug-likeness (QED) is 0.764. The van der Waals surface area contributed by atoms with Gasteiger partial charge in [-0.25, -0.2) is 4.39 Å². The smallest absolute Gasteiger partial charge is 0.263 e. The molecular weight excluding hydrogens is 209 g/mol. The van der Waals surface area contributed by atoms with E-state index in [1.54, 1.807) is 31.0 Å². The van der Waals surface area contributed by atoms with Crippen LogP contribution in [0.3, 0.4) is 0 Å². The number of halogens is 1. The van der Waals surface area contributed by atoms with E-state index in [0.29, 0.717) is 24.3 Å². The predicted octanol–water partition coefficient (Wildman–Crippen LogP) is 1.74. The van der Waals surface area contributed by atoms with E-state index >= 15 is 0 Å². The summed E-state index contributed by atoms with van der Waals surface area (Å²) in [5, 5.41) is 0. The van der Waals surface area contributed by atoms with Crippen LogP contribution in [0.25, 0.3) is 0 Å². The fourth-order valence-electron chi connectivity index (χ4n) is 1.71. The van der Waals surface area contributed by atoms with Gasteiger partial charge in [-0.15, -0.1) is 0 Å². The average molecular weight is 223 g/mol. The maximum Gasteiger partial charge on any atom is 0.263 e. The summed E-state index contributed by atoms with van der Waals surface area (Å²) < 4.78 is 18.7. The molecule has 0 spiro atoms. The Balaban J connectivity index is 2.10. The van der Waals surface area contributed by atoms with Gasteiger partial charge in [0.1, 0.15) is 11.6 Å². The molecule has 1 heterocycles. The minimum absolute atomic E-state index is 0.0408. The summed E-state index contributed by atoms with van der Waals surface area (Å²) in [5.41, 5.74) is 0.571. The van der Waals surface area contributed by atoms with Crippen molar-refractivity contribution in [3.63, 3.8) is 0 Å². The third kappa shape index (κ3) is 2.01. The fourth-order valence-corrected chi connectivity index (χ4v) is 1.71. The minimum Gasteiger partial charge on any atom is -0.480 e. The van der Waals surface area contributed by atoms with E-state index < -0.39 is 6.10 Å². The normalized spacial score (nSPS) is 20.3. The Bertz CT molecular complexity index is 419. The Labute approximate surface area is 93.8 Å². The van der Waals surface area contributed by atoms with Gasteiger partial charge in [0, 0.05) is 26.1 Å². The summed E-state index contributed by atoms with van der Waals surface area (Å²) in [6.07, 6.45) is 0.192. The lowest BCUT2D eigenvalue weighted by atomic mass is 10.2. The van der Waals surface area contributed by atoms with Crippen molar-refractivity contribution >= 4 is 5.91 Å². The minimum atomic E-state index is -0.466. The molecule has 1 unspecified atom stereocenters. The Morgan fingerprint density at radius 1 is 1.50 bits per heavy atom. The lowest BCUT2D eigenvalue weighted by Crippen LogP contribution is -2.29. The zero-order valence-corrected chi connectivity index (χ0v) is 9.37. The second kappa shape index (κ2) is 4.12. The highest BCUT2D eigenvalue weighted by atomic mass is 19.1. The van der Waals surface area contributed by atoms with Crippen LogP contribution < -0.4 is 4.74 Å². The highest BCUT2D eigenvalue weighted by Crippen LogP contribution is 2.20. The number of aryl methyl sites for hydroxylation is 1. The molecule has 1 amide bonds. The van der Waals surface area contributed by atoms with Crippen LogP contribution in [0.4, 0.5) is 4.39 Å². The van der Waals surface area contributed by atoms with Gasteiger partial charge >= 0.3 is 0 Å². The number of rotatable bonds is 2. The summed E-state index contributed by atoms with van der Waals surface area (Å²) in [7, 11) is 1.74. The predicted molar refractivity (Wildman–Crippen MR) is 57.8 cm³/mol. The molecular formula is C12H14FNO2. The summed E-state index contributed by atoms with van der Waals surface area (Å²) in [6.45, 7) is 2.38. The van der Waals surface area contributed by atoms with Gasteiger partial charge in [-0.05, 0) is 18.6 Å². The van der Waals surface area contributed by atoms with E-state index in [1.807, 2.05) is 0 Å². The summed E-state index contributed by atoms with van der Waals surface area (Å²) in [4.78, 5) is 13.2. The average Bonchev–Trinajstić information content (AvgIpc) is 2.55. The van der Waals surface area contributed by atoms with Crippen molar-refractivity contribution in [3.05, 3.63) is 29.6 Å². The number of likely N-dealkylation sites (N-methyl/N-ethyl adjacent to an activating group) is 1.